The lowest BCUT2D eigenvalue weighted by atomic mass is 9.43. The number of hydrogen-bond donors (Lipinski definition) is 1. The predicted molar refractivity (Wildman–Crippen MR) is 110 cm³/mol. The van der Waals surface area contributed by atoms with Crippen molar-refractivity contribution >= 4 is 12.0 Å². The van der Waals surface area contributed by atoms with Crippen LogP contribution in [0.3, 0.4) is 0 Å². The summed E-state index contributed by atoms with van der Waals surface area (Å²) in [5.74, 6) is 3.00. The van der Waals surface area contributed by atoms with Gasteiger partial charge in [0.25, 0.3) is 0 Å². The molecular weight excluding hydrogens is 364 g/mol. The van der Waals surface area contributed by atoms with E-state index < -0.39 is 6.09 Å². The molecule has 4 aliphatic carbocycles. The van der Waals surface area contributed by atoms with Crippen molar-refractivity contribution < 1.29 is 14.3 Å². The van der Waals surface area contributed by atoms with Crippen molar-refractivity contribution in [1.82, 2.24) is 10.2 Å². The van der Waals surface area contributed by atoms with Crippen LogP contribution in [0.1, 0.15) is 43.2 Å². The number of carbonyl (C=O) groups is 2. The number of amides is 2. The van der Waals surface area contributed by atoms with Crippen LogP contribution >= 0.6 is 0 Å². The molecule has 29 heavy (non-hydrogen) atoms. The fourth-order valence-corrected chi connectivity index (χ4v) is 6.97. The number of nitrogens with zero attached hydrogens (tertiary/aromatic N) is 1. The first kappa shape index (κ1) is 19.0. The van der Waals surface area contributed by atoms with E-state index in [9.17, 15) is 9.59 Å². The van der Waals surface area contributed by atoms with Crippen LogP contribution in [0.5, 0.6) is 0 Å². The zero-order valence-corrected chi connectivity index (χ0v) is 17.5. The van der Waals surface area contributed by atoms with Gasteiger partial charge in [-0.25, -0.2) is 4.79 Å². The molecule has 5 nitrogen and oxygen atoms in total. The van der Waals surface area contributed by atoms with Gasteiger partial charge in [0.2, 0.25) is 5.91 Å². The smallest absolute Gasteiger partial charge is 0.407 e. The molecule has 1 aromatic carbocycles. The molecule has 5 aliphatic rings. The maximum absolute atomic E-state index is 14.0. The normalized spacial score (nSPS) is 35.3. The second-order valence-electron chi connectivity index (χ2n) is 9.99. The van der Waals surface area contributed by atoms with Gasteiger partial charge in [0.05, 0.1) is 18.5 Å². The zero-order chi connectivity index (χ0) is 20.2. The van der Waals surface area contributed by atoms with Gasteiger partial charge in [-0.3, -0.25) is 4.79 Å². The molecule has 5 fully saturated rings. The largest absolute Gasteiger partial charge is 0.442 e. The molecule has 4 bridgehead atoms. The van der Waals surface area contributed by atoms with Crippen LogP contribution in [-0.4, -0.2) is 43.1 Å². The minimum atomic E-state index is -0.411. The van der Waals surface area contributed by atoms with Gasteiger partial charge in [0.15, 0.2) is 0 Å². The molecule has 6 rings (SSSR count). The van der Waals surface area contributed by atoms with Gasteiger partial charge in [0, 0.05) is 7.05 Å². The minimum absolute atomic E-state index is 0.174. The summed E-state index contributed by atoms with van der Waals surface area (Å²) >= 11 is 0. The number of ether oxygens (including phenoxy) is 1. The Hall–Kier alpha value is -2.04. The summed E-state index contributed by atoms with van der Waals surface area (Å²) in [5.41, 5.74) is 2.28. The molecule has 156 valence electrons. The van der Waals surface area contributed by atoms with E-state index in [2.05, 4.69) is 36.5 Å². The SMILES string of the molecule is CNC(=O)OC1CN(C(=O)C2(Cc3ccc(C)cc3)C3CC4CC(C3)CC2C4)C1. The van der Waals surface area contributed by atoms with Crippen LogP contribution in [0.2, 0.25) is 0 Å². The Balaban J connectivity index is 1.40. The first-order valence-electron chi connectivity index (χ1n) is 11.2. The lowest BCUT2D eigenvalue weighted by molar-refractivity contribution is -0.179. The van der Waals surface area contributed by atoms with Crippen molar-refractivity contribution in [1.29, 1.82) is 0 Å². The Labute approximate surface area is 173 Å². The molecule has 0 radical (unpaired) electrons. The molecule has 0 atom stereocenters. The van der Waals surface area contributed by atoms with Crippen LogP contribution in [-0.2, 0) is 16.0 Å². The lowest BCUT2D eigenvalue weighted by Gasteiger charge is -2.62. The maximum atomic E-state index is 14.0. The molecular formula is C24H32N2O3. The van der Waals surface area contributed by atoms with Gasteiger partial charge < -0.3 is 15.0 Å². The number of aryl methyl sites for hydroxylation is 1. The van der Waals surface area contributed by atoms with Crippen molar-refractivity contribution in [3.8, 4) is 0 Å². The van der Waals surface area contributed by atoms with Gasteiger partial charge in [-0.2, -0.15) is 0 Å². The topological polar surface area (TPSA) is 58.6 Å². The summed E-state index contributed by atoms with van der Waals surface area (Å²) in [6.45, 7) is 3.18. The molecule has 1 aromatic rings. The number of nitrogens with one attached hydrogen (secondary N) is 1. The highest BCUT2D eigenvalue weighted by molar-refractivity contribution is 5.85. The first-order chi connectivity index (χ1) is 14.0. The van der Waals surface area contributed by atoms with Gasteiger partial charge in [-0.15, -0.1) is 0 Å². The highest BCUT2D eigenvalue weighted by Gasteiger charge is 2.62. The number of hydrogen-bond acceptors (Lipinski definition) is 3. The van der Waals surface area contributed by atoms with Crippen molar-refractivity contribution in [2.24, 2.45) is 29.1 Å². The fraction of sp³-hybridized carbons (Fsp3) is 0.667. The van der Waals surface area contributed by atoms with Crippen LogP contribution in [0, 0.1) is 36.0 Å². The summed E-state index contributed by atoms with van der Waals surface area (Å²) in [7, 11) is 1.56. The van der Waals surface area contributed by atoms with Crippen molar-refractivity contribution in [2.45, 2.75) is 51.6 Å². The lowest BCUT2D eigenvalue weighted by Crippen LogP contribution is -2.66. The van der Waals surface area contributed by atoms with E-state index in [1.807, 2.05) is 4.90 Å². The fourth-order valence-electron chi connectivity index (χ4n) is 6.97. The van der Waals surface area contributed by atoms with E-state index in [0.717, 1.165) is 18.3 Å². The Kier molecular flexibility index (Phi) is 4.60. The number of benzene rings is 1. The van der Waals surface area contributed by atoms with E-state index in [-0.39, 0.29) is 11.5 Å². The number of rotatable bonds is 4. The van der Waals surface area contributed by atoms with E-state index in [1.54, 1.807) is 7.05 Å². The average molecular weight is 397 g/mol. The van der Waals surface area contributed by atoms with E-state index in [0.29, 0.717) is 30.8 Å². The molecule has 5 heteroatoms. The monoisotopic (exact) mass is 396 g/mol. The number of likely N-dealkylation sites (tertiary alicyclic amines) is 1. The summed E-state index contributed by atoms with van der Waals surface area (Å²) < 4.78 is 5.34. The molecule has 1 aliphatic heterocycles. The van der Waals surface area contributed by atoms with Gasteiger partial charge in [-0.05, 0) is 74.7 Å². The van der Waals surface area contributed by atoms with Gasteiger partial charge in [-0.1, -0.05) is 29.8 Å². The summed E-state index contributed by atoms with van der Waals surface area (Å²) in [4.78, 5) is 27.4. The van der Waals surface area contributed by atoms with Crippen molar-refractivity contribution in [3.05, 3.63) is 35.4 Å². The quantitative estimate of drug-likeness (QED) is 0.847. The second-order valence-corrected chi connectivity index (χ2v) is 9.99. The summed E-state index contributed by atoms with van der Waals surface area (Å²) in [6.07, 6.45) is 6.53. The first-order valence-corrected chi connectivity index (χ1v) is 11.2. The summed E-state index contributed by atoms with van der Waals surface area (Å²) in [6, 6.07) is 8.76. The van der Waals surface area contributed by atoms with Gasteiger partial charge in [0.1, 0.15) is 6.10 Å². The molecule has 2 amide bonds. The Morgan fingerprint density at radius 2 is 1.62 bits per heavy atom. The highest BCUT2D eigenvalue weighted by Crippen LogP contribution is 2.64. The molecule has 0 spiro atoms. The van der Waals surface area contributed by atoms with Gasteiger partial charge >= 0.3 is 6.09 Å². The third-order valence-corrected chi connectivity index (χ3v) is 8.22. The third-order valence-electron chi connectivity index (χ3n) is 8.22. The standard InChI is InChI=1S/C24H32N2O3/c1-15-3-5-16(6-4-15)12-24(19-8-17-7-18(10-19)11-20(24)9-17)22(27)26-13-21(14-26)29-23(28)25-2/h3-6,17-21H,7-14H2,1-2H3,(H,25,28). The molecule has 4 saturated carbocycles. The highest BCUT2D eigenvalue weighted by atomic mass is 16.6. The Morgan fingerprint density at radius 1 is 1.03 bits per heavy atom. The number of alkyl carbamates (subject to hydrolysis) is 1. The third kappa shape index (κ3) is 3.13. The molecule has 1 N–H and O–H groups in total. The van der Waals surface area contributed by atoms with E-state index in [1.165, 1.54) is 43.2 Å². The van der Waals surface area contributed by atoms with Crippen molar-refractivity contribution in [2.75, 3.05) is 20.1 Å². The second kappa shape index (κ2) is 7.03. The van der Waals surface area contributed by atoms with Crippen LogP contribution < -0.4 is 5.32 Å². The predicted octanol–water partition coefficient (Wildman–Crippen LogP) is 3.55. The average Bonchev–Trinajstić information content (AvgIpc) is 2.67. The molecule has 1 heterocycles. The van der Waals surface area contributed by atoms with Crippen molar-refractivity contribution in [3.63, 3.8) is 0 Å². The van der Waals surface area contributed by atoms with E-state index in [4.69, 9.17) is 4.74 Å². The van der Waals surface area contributed by atoms with Crippen LogP contribution in [0.15, 0.2) is 24.3 Å². The molecule has 0 unspecified atom stereocenters. The zero-order valence-electron chi connectivity index (χ0n) is 17.5. The molecule has 1 saturated heterocycles. The van der Waals surface area contributed by atoms with Crippen LogP contribution in [0.4, 0.5) is 4.79 Å². The number of carbonyl (C=O) groups excluding carboxylic acids is 2. The van der Waals surface area contributed by atoms with E-state index >= 15 is 0 Å². The molecule has 0 aromatic heterocycles. The summed E-state index contributed by atoms with van der Waals surface area (Å²) in [5, 5.41) is 2.49. The maximum Gasteiger partial charge on any atom is 0.407 e. The Morgan fingerprint density at radius 3 is 2.17 bits per heavy atom. The minimum Gasteiger partial charge on any atom is -0.442 e. The van der Waals surface area contributed by atoms with Crippen LogP contribution in [0.25, 0.3) is 0 Å². The Bertz CT molecular complexity index is 769.